The minimum Gasteiger partial charge on any atom is -0.493 e. The number of amides is 1. The predicted molar refractivity (Wildman–Crippen MR) is 125 cm³/mol. The van der Waals surface area contributed by atoms with Gasteiger partial charge in [0.2, 0.25) is 0 Å². The maximum Gasteiger partial charge on any atom is 0.307 e. The lowest BCUT2D eigenvalue weighted by atomic mass is 10.1. The molecule has 0 spiro atoms. The molecule has 4 aromatic rings. The van der Waals surface area contributed by atoms with Crippen molar-refractivity contribution in [1.82, 2.24) is 5.43 Å². The molecule has 0 aliphatic carbocycles. The van der Waals surface area contributed by atoms with Crippen LogP contribution in [-0.4, -0.2) is 19.2 Å². The third kappa shape index (κ3) is 4.97. The van der Waals surface area contributed by atoms with Gasteiger partial charge in [-0.25, -0.2) is 5.43 Å². The number of nitrogens with zero attached hydrogens (tertiary/aromatic N) is 2. The fourth-order valence-electron chi connectivity index (χ4n) is 3.17. The van der Waals surface area contributed by atoms with E-state index in [-0.39, 0.29) is 12.4 Å². The van der Waals surface area contributed by atoms with Gasteiger partial charge in [-0.3, -0.25) is 4.79 Å². The Labute approximate surface area is 194 Å². The molecule has 0 saturated heterocycles. The van der Waals surface area contributed by atoms with Crippen LogP contribution in [0.4, 0.5) is 0 Å². The second-order valence-electron chi connectivity index (χ2n) is 6.94. The number of hydrogen-bond donors (Lipinski definition) is 1. The summed E-state index contributed by atoms with van der Waals surface area (Å²) in [7, 11) is 1.49. The van der Waals surface area contributed by atoms with Gasteiger partial charge in [0.25, 0.3) is 0 Å². The van der Waals surface area contributed by atoms with E-state index in [9.17, 15) is 10.1 Å². The molecule has 8 heteroatoms. The summed E-state index contributed by atoms with van der Waals surface area (Å²) in [4.78, 5) is 12.3. The number of furan rings is 1. The SMILES string of the molecule is COc1cc(/C=N/NC(=O)c2cc3ccccc3o2)cc(Cl)c1OCc1ccccc1C#N. The number of ether oxygens (including phenoxy) is 2. The molecule has 7 nitrogen and oxygen atoms in total. The molecule has 164 valence electrons. The number of fused-ring (bicyclic) bond motifs is 1. The molecule has 0 bridgehead atoms. The topological polar surface area (TPSA) is 96.8 Å². The van der Waals surface area contributed by atoms with Crippen LogP contribution in [0.3, 0.4) is 0 Å². The van der Waals surface area contributed by atoms with Gasteiger partial charge in [0.05, 0.1) is 30.0 Å². The van der Waals surface area contributed by atoms with Crippen LogP contribution in [-0.2, 0) is 6.61 Å². The second-order valence-corrected chi connectivity index (χ2v) is 7.35. The van der Waals surface area contributed by atoms with E-state index in [1.54, 1.807) is 36.4 Å². The van der Waals surface area contributed by atoms with E-state index in [4.69, 9.17) is 25.5 Å². The highest BCUT2D eigenvalue weighted by Crippen LogP contribution is 2.36. The van der Waals surface area contributed by atoms with Crippen molar-refractivity contribution in [3.63, 3.8) is 0 Å². The number of benzene rings is 3. The van der Waals surface area contributed by atoms with Crippen LogP contribution in [0, 0.1) is 11.3 Å². The molecule has 0 aliphatic rings. The van der Waals surface area contributed by atoms with Gasteiger partial charge in [0.15, 0.2) is 17.3 Å². The summed E-state index contributed by atoms with van der Waals surface area (Å²) in [5.41, 5.74) is 4.90. The molecular formula is C25H18ClN3O4. The molecule has 1 amide bonds. The third-order valence-corrected chi connectivity index (χ3v) is 5.07. The quantitative estimate of drug-likeness (QED) is 0.298. The van der Waals surface area contributed by atoms with Crippen molar-refractivity contribution in [2.75, 3.05) is 7.11 Å². The molecule has 3 aromatic carbocycles. The first-order valence-corrected chi connectivity index (χ1v) is 10.3. The van der Waals surface area contributed by atoms with Crippen molar-refractivity contribution >= 4 is 34.7 Å². The van der Waals surface area contributed by atoms with E-state index < -0.39 is 5.91 Å². The Morgan fingerprint density at radius 3 is 2.76 bits per heavy atom. The van der Waals surface area contributed by atoms with E-state index >= 15 is 0 Å². The largest absolute Gasteiger partial charge is 0.493 e. The summed E-state index contributed by atoms with van der Waals surface area (Å²) in [6.45, 7) is 0.154. The number of para-hydroxylation sites is 1. The van der Waals surface area contributed by atoms with Crippen LogP contribution in [0.15, 0.2) is 76.2 Å². The van der Waals surface area contributed by atoms with E-state index in [0.717, 1.165) is 10.9 Å². The molecular weight excluding hydrogens is 442 g/mol. The van der Waals surface area contributed by atoms with Crippen LogP contribution in [0.25, 0.3) is 11.0 Å². The van der Waals surface area contributed by atoms with Crippen LogP contribution in [0.1, 0.15) is 27.2 Å². The first-order valence-electron chi connectivity index (χ1n) is 9.89. The minimum atomic E-state index is -0.475. The average molecular weight is 460 g/mol. The molecule has 1 N–H and O–H groups in total. The maximum absolute atomic E-state index is 12.3. The van der Waals surface area contributed by atoms with Crippen molar-refractivity contribution in [2.45, 2.75) is 6.61 Å². The number of hydrazone groups is 1. The number of nitriles is 1. The fourth-order valence-corrected chi connectivity index (χ4v) is 3.45. The summed E-state index contributed by atoms with van der Waals surface area (Å²) < 4.78 is 16.8. The maximum atomic E-state index is 12.3. The molecule has 4 rings (SSSR count). The highest BCUT2D eigenvalue weighted by Gasteiger charge is 2.14. The lowest BCUT2D eigenvalue weighted by molar-refractivity contribution is 0.0929. The van der Waals surface area contributed by atoms with Gasteiger partial charge in [0, 0.05) is 10.9 Å². The van der Waals surface area contributed by atoms with E-state index in [0.29, 0.717) is 33.2 Å². The molecule has 0 radical (unpaired) electrons. The number of halogens is 1. The number of carbonyl (C=O) groups excluding carboxylic acids is 1. The normalized spacial score (nSPS) is 10.8. The number of carbonyl (C=O) groups is 1. The molecule has 0 unspecified atom stereocenters. The van der Waals surface area contributed by atoms with Crippen LogP contribution < -0.4 is 14.9 Å². The Morgan fingerprint density at radius 2 is 1.97 bits per heavy atom. The Balaban J connectivity index is 1.46. The Hall–Kier alpha value is -4.28. The number of nitrogens with one attached hydrogen (secondary N) is 1. The van der Waals surface area contributed by atoms with Gasteiger partial charge in [0.1, 0.15) is 12.2 Å². The summed E-state index contributed by atoms with van der Waals surface area (Å²) in [5.74, 6) is 0.416. The monoisotopic (exact) mass is 459 g/mol. The third-order valence-electron chi connectivity index (χ3n) is 4.79. The van der Waals surface area contributed by atoms with Crippen molar-refractivity contribution < 1.29 is 18.7 Å². The predicted octanol–water partition coefficient (Wildman–Crippen LogP) is 5.31. The van der Waals surface area contributed by atoms with Crippen molar-refractivity contribution in [2.24, 2.45) is 5.10 Å². The first-order chi connectivity index (χ1) is 16.1. The zero-order valence-electron chi connectivity index (χ0n) is 17.5. The van der Waals surface area contributed by atoms with E-state index in [1.807, 2.05) is 30.3 Å². The molecule has 1 heterocycles. The lowest BCUT2D eigenvalue weighted by Crippen LogP contribution is -2.16. The lowest BCUT2D eigenvalue weighted by Gasteiger charge is -2.14. The van der Waals surface area contributed by atoms with Crippen molar-refractivity contribution in [3.05, 3.63) is 94.2 Å². The van der Waals surface area contributed by atoms with Gasteiger partial charge in [-0.2, -0.15) is 10.4 Å². The highest BCUT2D eigenvalue weighted by molar-refractivity contribution is 6.32. The Kier molecular flexibility index (Phi) is 6.58. The van der Waals surface area contributed by atoms with Gasteiger partial charge < -0.3 is 13.9 Å². The minimum absolute atomic E-state index is 0.154. The van der Waals surface area contributed by atoms with Gasteiger partial charge in [-0.05, 0) is 35.9 Å². The molecule has 0 atom stereocenters. The summed E-state index contributed by atoms with van der Waals surface area (Å²) >= 11 is 6.40. The Bertz CT molecular complexity index is 1360. The fraction of sp³-hybridized carbons (Fsp3) is 0.0800. The molecule has 1 aromatic heterocycles. The summed E-state index contributed by atoms with van der Waals surface area (Å²) in [6, 6.07) is 21.6. The standard InChI is InChI=1S/C25H18ClN3O4/c1-31-22-11-16(10-20(26)24(22)32-15-19-8-3-2-7-18(19)13-27)14-28-29-25(30)23-12-17-6-4-5-9-21(17)33-23/h2-12,14H,15H2,1H3,(H,29,30)/b28-14+. The number of methoxy groups -OCH3 is 1. The average Bonchev–Trinajstić information content (AvgIpc) is 3.28. The molecule has 0 saturated carbocycles. The van der Waals surface area contributed by atoms with E-state index in [1.165, 1.54) is 13.3 Å². The van der Waals surface area contributed by atoms with E-state index in [2.05, 4.69) is 16.6 Å². The first kappa shape index (κ1) is 21.9. The van der Waals surface area contributed by atoms with Gasteiger partial charge in [-0.15, -0.1) is 0 Å². The van der Waals surface area contributed by atoms with Crippen LogP contribution in [0.2, 0.25) is 5.02 Å². The van der Waals surface area contributed by atoms with Crippen molar-refractivity contribution in [3.8, 4) is 17.6 Å². The van der Waals surface area contributed by atoms with Crippen LogP contribution in [0.5, 0.6) is 11.5 Å². The zero-order chi connectivity index (χ0) is 23.2. The molecule has 0 fully saturated rings. The van der Waals surface area contributed by atoms with Gasteiger partial charge in [-0.1, -0.05) is 48.0 Å². The van der Waals surface area contributed by atoms with Crippen molar-refractivity contribution in [1.29, 1.82) is 5.26 Å². The smallest absolute Gasteiger partial charge is 0.307 e. The summed E-state index contributed by atoms with van der Waals surface area (Å²) in [6.07, 6.45) is 1.43. The Morgan fingerprint density at radius 1 is 1.18 bits per heavy atom. The summed E-state index contributed by atoms with van der Waals surface area (Å²) in [5, 5.41) is 14.3. The van der Waals surface area contributed by atoms with Gasteiger partial charge >= 0.3 is 5.91 Å². The number of hydrogen-bond acceptors (Lipinski definition) is 6. The molecule has 0 aliphatic heterocycles. The highest BCUT2D eigenvalue weighted by atomic mass is 35.5. The molecule has 33 heavy (non-hydrogen) atoms. The number of rotatable bonds is 7. The van der Waals surface area contributed by atoms with Crippen LogP contribution >= 0.6 is 11.6 Å². The second kappa shape index (κ2) is 9.90. The zero-order valence-corrected chi connectivity index (χ0v) is 18.3.